The van der Waals surface area contributed by atoms with Crippen molar-refractivity contribution in [2.75, 3.05) is 68.0 Å². The molecule has 0 fully saturated rings. The maximum Gasteiger partial charge on any atom is 0.422 e. The summed E-state index contributed by atoms with van der Waals surface area (Å²) < 4.78 is 110. The summed E-state index contributed by atoms with van der Waals surface area (Å²) in [6.45, 7) is 11.8. The summed E-state index contributed by atoms with van der Waals surface area (Å²) in [6.07, 6.45) is 16.4. The van der Waals surface area contributed by atoms with Gasteiger partial charge >= 0.3 is 6.18 Å². The van der Waals surface area contributed by atoms with Gasteiger partial charge in [0.25, 0.3) is 23.6 Å². The molecule has 32 heteroatoms. The number of fused-ring (bicyclic) bond motifs is 4. The van der Waals surface area contributed by atoms with Crippen LogP contribution in [0.5, 0.6) is 23.4 Å². The number of Topliss-reactive ketones (excluding diaryl/α,β-unsaturated/α-hetero) is 1. The maximum atomic E-state index is 13.7. The molecule has 26 nitrogen and oxygen atoms in total. The number of ketones is 1. The fourth-order valence-corrected chi connectivity index (χ4v) is 11.7. The first-order valence-electron chi connectivity index (χ1n) is 34.9. The molecule has 0 bridgehead atoms. The number of halogens is 6. The standard InChI is InChI=1S/C20H21F3N4O2.C20H20F3N3O2.C19H23N5O3.C19H19N5O2/c1-3-7-26-19(28)14-10-27(16-5-4-8-25-18(14)16)11-15-13(2)17(6-9-24-15)29-12-20(21,22)23;1-20(22,23)14-9-13(19(28-2)25-10-14)11-26-12-15(17(27)6-3-7-21)18-16(26)5-4-8-24-18;1-12-7-16-17(21-8-12)14(18(25)20-5-6-26-3)9-24(16)10-15-13(2)19(27-4)23-11-22-15;1-3-6-22-18(25)15-12-24(16-5-4-7-21-17(15)16)11-14-8-13(9-20)10-23-19(14)26-2/h4-6,8-10H,3,7,11-12H2,1-2H3,(H,26,28);4-5,8-10,12H,3,6-7,11H2,1-2H3;7-9,11H,5-6,10H2,1-4H3,(H,20,25);4-5,7-8,10,12H,3,6,11H2,1-2H3,(H,22,25). The van der Waals surface area contributed by atoms with Gasteiger partial charge in [-0.2, -0.15) is 18.4 Å². The van der Waals surface area contributed by atoms with Gasteiger partial charge in [0.15, 0.2) is 12.4 Å². The second kappa shape index (κ2) is 37.9. The van der Waals surface area contributed by atoms with Crippen LogP contribution in [0.3, 0.4) is 0 Å². The lowest BCUT2D eigenvalue weighted by Gasteiger charge is -2.14. The number of rotatable bonds is 28. The molecule has 0 aliphatic carbocycles. The molecule has 12 rings (SSSR count). The second-order valence-corrected chi connectivity index (χ2v) is 25.2. The fourth-order valence-electron chi connectivity index (χ4n) is 11.7. The van der Waals surface area contributed by atoms with E-state index in [0.29, 0.717) is 123 Å². The number of carbonyl (C=O) groups is 4. The Morgan fingerprint density at radius 1 is 0.536 bits per heavy atom. The zero-order valence-electron chi connectivity index (χ0n) is 62.3. The first kappa shape index (κ1) is 81.7. The number of nitrogens with zero attached hydrogens (tertiary/aromatic N) is 14. The summed E-state index contributed by atoms with van der Waals surface area (Å²) in [5.74, 6) is -2.45. The van der Waals surface area contributed by atoms with Gasteiger partial charge in [-0.3, -0.25) is 48.5 Å². The van der Waals surface area contributed by atoms with Crippen molar-refractivity contribution in [3.63, 3.8) is 0 Å². The molecule has 0 saturated heterocycles. The van der Waals surface area contributed by atoms with Crippen LogP contribution in [0.2, 0.25) is 0 Å². The van der Waals surface area contributed by atoms with Crippen molar-refractivity contribution < 1.29 is 69.2 Å². The number of hydrogen-bond acceptors (Lipinski definition) is 19. The molecule has 12 aromatic rings. The van der Waals surface area contributed by atoms with E-state index in [1.807, 2.05) is 71.9 Å². The van der Waals surface area contributed by atoms with Crippen LogP contribution in [0.15, 0.2) is 135 Å². The number of amides is 3. The minimum atomic E-state index is -4.42. The zero-order chi connectivity index (χ0) is 79.2. The number of methoxy groups -OCH3 is 4. The molecule has 12 heterocycles. The third-order valence-corrected chi connectivity index (χ3v) is 17.2. The van der Waals surface area contributed by atoms with Crippen LogP contribution in [-0.2, 0) is 36.8 Å². The molecule has 0 spiro atoms. The highest BCUT2D eigenvalue weighted by Gasteiger charge is 2.30. The number of nitriles is 1. The topological polar surface area (TPSA) is 310 Å². The van der Waals surface area contributed by atoms with Gasteiger partial charge in [-0.1, -0.05) is 13.8 Å². The number of hydrogen-bond donors (Lipinski definition) is 3. The van der Waals surface area contributed by atoms with Crippen LogP contribution in [0.25, 0.3) is 44.1 Å². The molecule has 0 aromatic carbocycles. The smallest absolute Gasteiger partial charge is 0.422 e. The highest BCUT2D eigenvalue weighted by molar-refractivity contribution is 6.08. The molecule has 576 valence electrons. The number of aryl methyl sites for hydroxylation is 1. The first-order chi connectivity index (χ1) is 52.9. The zero-order valence-corrected chi connectivity index (χ0v) is 62.3. The molecule has 0 aliphatic heterocycles. The van der Waals surface area contributed by atoms with Crippen LogP contribution in [0.4, 0.5) is 26.3 Å². The fraction of sp³-hybridized carbons (Fsp3) is 0.333. The quantitative estimate of drug-likeness (QED) is 0.0233. The van der Waals surface area contributed by atoms with Crippen molar-refractivity contribution in [2.45, 2.75) is 106 Å². The normalized spacial score (nSPS) is 11.2. The van der Waals surface area contributed by atoms with Crippen molar-refractivity contribution in [1.29, 1.82) is 5.26 Å². The van der Waals surface area contributed by atoms with Gasteiger partial charge in [-0.25, -0.2) is 28.7 Å². The van der Waals surface area contributed by atoms with Gasteiger partial charge in [0.1, 0.15) is 34.7 Å². The number of ether oxygens (including phenoxy) is 5. The average Bonchev–Trinajstić information content (AvgIpc) is 1.65. The number of nitrogens with one attached hydrogen (secondary N) is 3. The van der Waals surface area contributed by atoms with Gasteiger partial charge in [-0.05, 0) is 106 Å². The summed E-state index contributed by atoms with van der Waals surface area (Å²) in [5.41, 5.74) is 12.6. The van der Waals surface area contributed by atoms with E-state index < -0.39 is 25.4 Å². The molecule has 110 heavy (non-hydrogen) atoms. The molecular weight excluding hydrogens is 1430 g/mol. The molecule has 0 atom stereocenters. The summed E-state index contributed by atoms with van der Waals surface area (Å²) in [5, 5.41) is 17.7. The number of carbonyl (C=O) groups excluding carboxylic acids is 4. The minimum Gasteiger partial charge on any atom is -0.484 e. The van der Waals surface area contributed by atoms with Crippen LogP contribution in [0, 0.1) is 32.1 Å². The molecule has 0 aliphatic rings. The van der Waals surface area contributed by atoms with E-state index >= 15 is 0 Å². The lowest BCUT2D eigenvalue weighted by Crippen LogP contribution is -2.26. The first-order valence-corrected chi connectivity index (χ1v) is 34.9. The average molecular weight is 1520 g/mol. The van der Waals surface area contributed by atoms with Crippen molar-refractivity contribution in [1.82, 2.24) is 79.1 Å². The van der Waals surface area contributed by atoms with E-state index in [1.54, 1.807) is 93.4 Å². The molecule has 0 radical (unpaired) electrons. The number of aromatic nitrogens is 13. The van der Waals surface area contributed by atoms with Crippen LogP contribution in [0.1, 0.15) is 138 Å². The van der Waals surface area contributed by atoms with E-state index in [0.717, 1.165) is 64.9 Å². The van der Waals surface area contributed by atoms with Crippen molar-refractivity contribution in [3.8, 4) is 29.5 Å². The number of alkyl halides is 6. The summed E-state index contributed by atoms with van der Waals surface area (Å²) in [7, 11) is 6.13. The maximum absolute atomic E-state index is 13.7. The third-order valence-electron chi connectivity index (χ3n) is 17.2. The molecule has 0 saturated carbocycles. The van der Waals surface area contributed by atoms with Gasteiger partial charge in [-0.15, -0.1) is 0 Å². The van der Waals surface area contributed by atoms with Crippen molar-refractivity contribution in [2.24, 2.45) is 0 Å². The van der Waals surface area contributed by atoms with Crippen LogP contribution >= 0.6 is 0 Å². The Bertz CT molecular complexity index is 5260. The third kappa shape index (κ3) is 20.4. The Morgan fingerprint density at radius 2 is 1.03 bits per heavy atom. The predicted molar refractivity (Wildman–Crippen MR) is 399 cm³/mol. The number of pyridine rings is 7. The molecule has 12 aromatic heterocycles. The Kier molecular flexibility index (Phi) is 28.1. The minimum absolute atomic E-state index is 0.0780. The van der Waals surface area contributed by atoms with Gasteiger partial charge in [0, 0.05) is 136 Å². The SMILES string of the molecule is CCCNC(=O)c1cn(Cc2cc(C#N)cnc2OC)c2cccnc12.CCCNC(=O)c1cn(Cc2nccc(OCC(F)(F)F)c2C)c2cccnc12.COCCNC(=O)c1cn(Cc2ncnc(OC)c2C)c2cc(C)cnc12.COc1ncc(C(C)(F)F)cc1Cn1cc(C(=O)CCCF)c2ncccc21. The summed E-state index contributed by atoms with van der Waals surface area (Å²) in [4.78, 5) is 88.3. The molecule has 3 N–H and O–H groups in total. The van der Waals surface area contributed by atoms with E-state index in [9.17, 15) is 45.5 Å². The lowest BCUT2D eigenvalue weighted by molar-refractivity contribution is -0.153. The monoisotopic (exact) mass is 1520 g/mol. The Morgan fingerprint density at radius 3 is 1.54 bits per heavy atom. The van der Waals surface area contributed by atoms with Crippen molar-refractivity contribution >= 4 is 67.6 Å². The van der Waals surface area contributed by atoms with E-state index in [2.05, 4.69) is 66.9 Å². The van der Waals surface area contributed by atoms with Crippen LogP contribution in [-0.4, -0.2) is 161 Å². The van der Waals surface area contributed by atoms with Crippen LogP contribution < -0.4 is 34.9 Å². The predicted octanol–water partition coefficient (Wildman–Crippen LogP) is 12.8. The van der Waals surface area contributed by atoms with Gasteiger partial charge in [0.05, 0.1) is 128 Å². The van der Waals surface area contributed by atoms with Crippen molar-refractivity contribution in [3.05, 3.63) is 208 Å². The summed E-state index contributed by atoms with van der Waals surface area (Å²) in [6, 6.07) is 19.4. The Balaban J connectivity index is 0.000000169. The second-order valence-electron chi connectivity index (χ2n) is 25.2. The highest BCUT2D eigenvalue weighted by Crippen LogP contribution is 2.33. The summed E-state index contributed by atoms with van der Waals surface area (Å²) >= 11 is 0. The largest absolute Gasteiger partial charge is 0.484 e. The van der Waals surface area contributed by atoms with Gasteiger partial charge in [0.2, 0.25) is 17.6 Å². The van der Waals surface area contributed by atoms with Gasteiger partial charge < -0.3 is 57.9 Å². The Hall–Kier alpha value is -12.4. The molecular formula is C78H83F6N17O9. The van der Waals surface area contributed by atoms with E-state index in [1.165, 1.54) is 45.1 Å². The van der Waals surface area contributed by atoms with E-state index in [4.69, 9.17) is 28.9 Å². The highest BCUT2D eigenvalue weighted by atomic mass is 19.4. The molecule has 3 amide bonds. The lowest BCUT2D eigenvalue weighted by atomic mass is 10.1. The Labute approximate surface area is 629 Å². The molecule has 0 unspecified atom stereocenters. The van der Waals surface area contributed by atoms with E-state index in [-0.39, 0.29) is 66.6 Å².